The molecule has 0 radical (unpaired) electrons. The van der Waals surface area contributed by atoms with Crippen LogP contribution in [0.1, 0.15) is 95.6 Å². The van der Waals surface area contributed by atoms with E-state index in [2.05, 4.69) is 22.1 Å². The molecule has 0 fully saturated rings. The van der Waals surface area contributed by atoms with Crippen LogP contribution in [-0.2, 0) is 11.2 Å². The number of halogens is 1. The van der Waals surface area contributed by atoms with Crippen molar-refractivity contribution in [2.75, 3.05) is 0 Å². The average Bonchev–Trinajstić information content (AvgIpc) is 2.70. The topological polar surface area (TPSA) is 109 Å². The van der Waals surface area contributed by atoms with E-state index in [-0.39, 0.29) is 46.9 Å². The van der Waals surface area contributed by atoms with Crippen molar-refractivity contribution >= 4 is 23.3 Å². The fraction of sp³-hybridized carbons (Fsp3) is 0.682. The molecule has 1 aromatic rings. The molecule has 31 heavy (non-hydrogen) atoms. The fourth-order valence-electron chi connectivity index (χ4n) is 3.28. The van der Waals surface area contributed by atoms with Crippen molar-refractivity contribution in [1.82, 2.24) is 9.97 Å². The van der Waals surface area contributed by atoms with Crippen LogP contribution in [0.5, 0.6) is 0 Å². The summed E-state index contributed by atoms with van der Waals surface area (Å²) in [4.78, 5) is 28.5. The molecule has 0 spiro atoms. The summed E-state index contributed by atoms with van der Waals surface area (Å²) in [6.45, 7) is 0. The molecule has 0 aliphatic carbocycles. The molecule has 0 amide bonds. The van der Waals surface area contributed by atoms with E-state index in [0.29, 0.717) is 12.1 Å². The summed E-state index contributed by atoms with van der Waals surface area (Å²) in [7, 11) is 0. The van der Waals surface area contributed by atoms with Gasteiger partial charge in [-0.1, -0.05) is 57.1 Å². The molecule has 0 N–H and O–H groups in total. The summed E-state index contributed by atoms with van der Waals surface area (Å²) in [6.07, 6.45) is 20.3. The molecule has 0 aromatic carbocycles. The first-order valence-electron chi connectivity index (χ1n) is 11.0. The van der Waals surface area contributed by atoms with Crippen molar-refractivity contribution in [3.63, 3.8) is 0 Å². The van der Waals surface area contributed by atoms with Crippen molar-refractivity contribution in [3.05, 3.63) is 39.4 Å². The number of hydrogen-bond acceptors (Lipinski definition) is 6. The second-order valence-corrected chi connectivity index (χ2v) is 7.88. The van der Waals surface area contributed by atoms with Crippen LogP contribution >= 0.6 is 11.6 Å². The minimum atomic E-state index is -0.947. The number of carboxylic acids is 1. The molecule has 7 nitrogen and oxygen atoms in total. The summed E-state index contributed by atoms with van der Waals surface area (Å²) < 4.78 is 0. The maximum atomic E-state index is 11.0. The summed E-state index contributed by atoms with van der Waals surface area (Å²) in [5, 5.41) is 21.3. The van der Waals surface area contributed by atoms with Crippen LogP contribution in [0.25, 0.3) is 0 Å². The Labute approximate surface area is 212 Å². The van der Waals surface area contributed by atoms with Crippen molar-refractivity contribution in [2.45, 2.75) is 96.3 Å². The van der Waals surface area contributed by atoms with Crippen molar-refractivity contribution in [1.29, 1.82) is 0 Å². The Morgan fingerprint density at radius 3 is 2.00 bits per heavy atom. The van der Waals surface area contributed by atoms with Crippen LogP contribution in [0.3, 0.4) is 0 Å². The van der Waals surface area contributed by atoms with Crippen LogP contribution in [0.2, 0.25) is 5.28 Å². The molecule has 1 heterocycles. The van der Waals surface area contributed by atoms with Gasteiger partial charge in [-0.25, -0.2) is 9.97 Å². The van der Waals surface area contributed by atoms with E-state index in [0.717, 1.165) is 64.2 Å². The Morgan fingerprint density at radius 1 is 0.935 bits per heavy atom. The van der Waals surface area contributed by atoms with Crippen LogP contribution in [0, 0.1) is 10.1 Å². The minimum Gasteiger partial charge on any atom is -0.550 e. The summed E-state index contributed by atoms with van der Waals surface area (Å²) in [5.41, 5.74) is 0.365. The van der Waals surface area contributed by atoms with Crippen molar-refractivity contribution in [3.8, 4) is 0 Å². The zero-order chi connectivity index (χ0) is 22.0. The van der Waals surface area contributed by atoms with E-state index in [1.165, 1.54) is 25.5 Å². The number of carboxylic acid groups (broad SMARTS) is 1. The van der Waals surface area contributed by atoms with Gasteiger partial charge in [0.15, 0.2) is 0 Å². The first-order valence-corrected chi connectivity index (χ1v) is 11.4. The molecule has 0 bridgehead atoms. The van der Waals surface area contributed by atoms with E-state index in [9.17, 15) is 20.0 Å². The van der Waals surface area contributed by atoms with E-state index >= 15 is 0 Å². The van der Waals surface area contributed by atoms with Gasteiger partial charge in [0.05, 0.1) is 4.92 Å². The predicted octanol–water partition coefficient (Wildman–Crippen LogP) is 2.35. The van der Waals surface area contributed by atoms with E-state index in [1.807, 2.05) is 0 Å². The van der Waals surface area contributed by atoms with Crippen LogP contribution in [-0.4, -0.2) is 20.9 Å². The Balaban J connectivity index is 0.00000900. The standard InChI is InChI=1S/C22H34ClN3O4.Na/c23-22-24-18-20(26(29)30)19(25-22)16-14-12-10-8-6-4-2-1-3-5-7-9-11-13-15-17-21(27)28;/h1,3,18H,2,4-17H2,(H,27,28);/q;+1/p-1/b3-1-;. The van der Waals surface area contributed by atoms with Crippen LogP contribution < -0.4 is 34.7 Å². The third kappa shape index (κ3) is 16.3. The number of allylic oxidation sites excluding steroid dienone is 2. The Hall–Kier alpha value is -1.02. The molecular weight excluding hydrogens is 429 g/mol. The van der Waals surface area contributed by atoms with Gasteiger partial charge < -0.3 is 9.90 Å². The Bertz CT molecular complexity index is 674. The molecule has 1 aromatic heterocycles. The van der Waals surface area contributed by atoms with Gasteiger partial charge in [0.1, 0.15) is 11.9 Å². The summed E-state index contributed by atoms with van der Waals surface area (Å²) >= 11 is 5.74. The third-order valence-electron chi connectivity index (χ3n) is 4.97. The van der Waals surface area contributed by atoms with Gasteiger partial charge >= 0.3 is 35.2 Å². The normalized spacial score (nSPS) is 10.9. The molecule has 0 saturated carbocycles. The quantitative estimate of drug-likeness (QED) is 0.0828. The van der Waals surface area contributed by atoms with Crippen LogP contribution in [0.15, 0.2) is 18.3 Å². The molecule has 0 aliphatic heterocycles. The monoisotopic (exact) mass is 461 g/mol. The Morgan fingerprint density at radius 2 is 1.45 bits per heavy atom. The van der Waals surface area contributed by atoms with E-state index in [1.54, 1.807) is 0 Å². The molecule has 0 atom stereocenters. The van der Waals surface area contributed by atoms with Gasteiger partial charge in [-0.3, -0.25) is 10.1 Å². The fourth-order valence-corrected chi connectivity index (χ4v) is 3.43. The molecular formula is C22H33ClN3NaO4. The number of hydrogen-bond donors (Lipinski definition) is 0. The number of rotatable bonds is 18. The average molecular weight is 462 g/mol. The molecule has 0 aliphatic rings. The van der Waals surface area contributed by atoms with Gasteiger partial charge in [-0.15, -0.1) is 0 Å². The van der Waals surface area contributed by atoms with E-state index in [4.69, 9.17) is 11.6 Å². The smallest absolute Gasteiger partial charge is 0.550 e. The third-order valence-corrected chi connectivity index (χ3v) is 5.15. The molecule has 0 unspecified atom stereocenters. The van der Waals surface area contributed by atoms with E-state index < -0.39 is 10.9 Å². The summed E-state index contributed by atoms with van der Waals surface area (Å²) in [5.74, 6) is -0.947. The maximum absolute atomic E-state index is 11.0. The number of carbonyl (C=O) groups excluding carboxylic acids is 1. The van der Waals surface area contributed by atoms with Gasteiger partial charge in [-0.2, -0.15) is 0 Å². The zero-order valence-electron chi connectivity index (χ0n) is 18.7. The second-order valence-electron chi connectivity index (χ2n) is 7.54. The second kappa shape index (κ2) is 19.6. The largest absolute Gasteiger partial charge is 1.00 e. The minimum absolute atomic E-state index is 0. The first-order chi connectivity index (χ1) is 14.5. The number of aliphatic carboxylic acids is 1. The Kier molecular flexibility index (Phi) is 19.0. The zero-order valence-corrected chi connectivity index (χ0v) is 21.4. The van der Waals surface area contributed by atoms with Crippen LogP contribution in [0.4, 0.5) is 5.69 Å². The van der Waals surface area contributed by atoms with Gasteiger partial charge in [0.25, 0.3) is 0 Å². The maximum Gasteiger partial charge on any atom is 1.00 e. The first kappa shape index (κ1) is 30.0. The molecule has 0 saturated heterocycles. The van der Waals surface area contributed by atoms with Gasteiger partial charge in [0.2, 0.25) is 5.28 Å². The SMILES string of the molecule is O=C([O-])CCCCCCC/C=C\CCCCCCCCc1nc(Cl)ncc1[N+](=O)[O-].[Na+]. The van der Waals surface area contributed by atoms with Gasteiger partial charge in [-0.05, 0) is 63.0 Å². The molecule has 1 rings (SSSR count). The van der Waals surface area contributed by atoms with Gasteiger partial charge in [0, 0.05) is 5.97 Å². The summed E-state index contributed by atoms with van der Waals surface area (Å²) in [6, 6.07) is 0. The van der Waals surface area contributed by atoms with Crippen molar-refractivity contribution < 1.29 is 44.4 Å². The number of aryl methyl sites for hydroxylation is 1. The number of nitro groups is 1. The number of unbranched alkanes of at least 4 members (excludes halogenated alkanes) is 11. The molecule has 168 valence electrons. The number of nitrogens with zero attached hydrogens (tertiary/aromatic N) is 3. The predicted molar refractivity (Wildman–Crippen MR) is 116 cm³/mol. The number of aromatic nitrogens is 2. The van der Waals surface area contributed by atoms with Crippen molar-refractivity contribution in [2.24, 2.45) is 0 Å². The molecule has 9 heteroatoms. The number of carbonyl (C=O) groups is 1.